The molecule has 1 atom stereocenters. The summed E-state index contributed by atoms with van der Waals surface area (Å²) in [7, 11) is 0. The predicted molar refractivity (Wildman–Crippen MR) is 119 cm³/mol. The molecule has 1 fully saturated rings. The van der Waals surface area contributed by atoms with Crippen LogP contribution in [0.1, 0.15) is 18.0 Å². The number of nitrogens with zero attached hydrogens (tertiary/aromatic N) is 2. The number of hydrogen-bond acceptors (Lipinski definition) is 5. The van der Waals surface area contributed by atoms with Crippen LogP contribution in [0.3, 0.4) is 0 Å². The van der Waals surface area contributed by atoms with Gasteiger partial charge in [0.05, 0.1) is 39.0 Å². The van der Waals surface area contributed by atoms with Crippen molar-refractivity contribution in [1.29, 1.82) is 0 Å². The van der Waals surface area contributed by atoms with E-state index in [0.29, 0.717) is 25.7 Å². The smallest absolute Gasteiger partial charge is 0.193 e. The summed E-state index contributed by atoms with van der Waals surface area (Å²) in [5.41, 5.74) is 8.17. The quantitative estimate of drug-likeness (QED) is 0.559. The van der Waals surface area contributed by atoms with Gasteiger partial charge in [-0.2, -0.15) is 0 Å². The molecule has 2 aromatic rings. The number of halogens is 1. The Morgan fingerprint density at radius 3 is 2.53 bits per heavy atom. The molecule has 0 saturated carbocycles. The van der Waals surface area contributed by atoms with Gasteiger partial charge in [0.25, 0.3) is 0 Å². The van der Waals surface area contributed by atoms with E-state index in [9.17, 15) is 0 Å². The fraction of sp³-hybridized carbons (Fsp3) is 0.409. The second-order valence-electron chi connectivity index (χ2n) is 7.28. The number of anilines is 1. The number of aliphatic imine (C=N–C) groups is 1. The summed E-state index contributed by atoms with van der Waals surface area (Å²) in [6.07, 6.45) is 0.870. The van der Waals surface area contributed by atoms with Crippen molar-refractivity contribution in [2.45, 2.75) is 12.5 Å². The van der Waals surface area contributed by atoms with Crippen LogP contribution in [0.5, 0.6) is 11.5 Å². The van der Waals surface area contributed by atoms with E-state index in [4.69, 9.17) is 31.5 Å². The van der Waals surface area contributed by atoms with Gasteiger partial charge in [-0.05, 0) is 29.8 Å². The van der Waals surface area contributed by atoms with Gasteiger partial charge in [-0.3, -0.25) is 9.89 Å². The van der Waals surface area contributed by atoms with E-state index in [0.717, 1.165) is 60.5 Å². The molecule has 0 aliphatic carbocycles. The number of fused-ring (bicyclic) bond motifs is 1. The molecule has 0 amide bonds. The zero-order chi connectivity index (χ0) is 20.8. The Morgan fingerprint density at radius 2 is 1.77 bits per heavy atom. The molecular weight excluding hydrogens is 404 g/mol. The standard InChI is InChI=1S/C22H27ClN4O3/c23-17-4-2-16(3-5-17)19(27-8-12-28-13-9-27)15-25-22(24)26-18-6-7-20-21(14-18)30-11-1-10-29-20/h2-7,14,19H,1,8-13,15H2,(H3,24,25,26). The first-order chi connectivity index (χ1) is 14.7. The zero-order valence-corrected chi connectivity index (χ0v) is 17.6. The molecule has 0 aromatic heterocycles. The van der Waals surface area contributed by atoms with E-state index in [2.05, 4.69) is 15.2 Å². The highest BCUT2D eigenvalue weighted by atomic mass is 35.5. The van der Waals surface area contributed by atoms with Crippen molar-refractivity contribution >= 4 is 23.2 Å². The normalized spacial score (nSPS) is 18.5. The molecule has 1 saturated heterocycles. The van der Waals surface area contributed by atoms with Gasteiger partial charge in [0.15, 0.2) is 17.5 Å². The van der Waals surface area contributed by atoms with Gasteiger partial charge in [-0.1, -0.05) is 23.7 Å². The van der Waals surface area contributed by atoms with Crippen molar-refractivity contribution in [1.82, 2.24) is 4.90 Å². The van der Waals surface area contributed by atoms with E-state index >= 15 is 0 Å². The molecular formula is C22H27ClN4O3. The van der Waals surface area contributed by atoms with Crippen LogP contribution in [0, 0.1) is 0 Å². The third-order valence-corrected chi connectivity index (χ3v) is 5.45. The maximum atomic E-state index is 6.20. The Bertz CT molecular complexity index is 869. The molecule has 30 heavy (non-hydrogen) atoms. The molecule has 0 bridgehead atoms. The van der Waals surface area contributed by atoms with E-state index in [1.165, 1.54) is 0 Å². The third kappa shape index (κ3) is 5.36. The van der Waals surface area contributed by atoms with Crippen molar-refractivity contribution < 1.29 is 14.2 Å². The molecule has 1 unspecified atom stereocenters. The summed E-state index contributed by atoms with van der Waals surface area (Å²) in [5, 5.41) is 3.88. The molecule has 4 rings (SSSR count). The molecule has 2 aromatic carbocycles. The molecule has 7 nitrogen and oxygen atoms in total. The molecule has 2 aliphatic rings. The SMILES string of the molecule is NC(=NCC(c1ccc(Cl)cc1)N1CCOCC1)Nc1ccc2c(c1)OCCCO2. The average molecular weight is 431 g/mol. The van der Waals surface area contributed by atoms with Crippen molar-refractivity contribution in [3.8, 4) is 11.5 Å². The monoisotopic (exact) mass is 430 g/mol. The lowest BCUT2D eigenvalue weighted by Gasteiger charge is -2.34. The van der Waals surface area contributed by atoms with Gasteiger partial charge < -0.3 is 25.3 Å². The van der Waals surface area contributed by atoms with Crippen molar-refractivity contribution in [2.24, 2.45) is 10.7 Å². The Hall–Kier alpha value is -2.48. The molecule has 3 N–H and O–H groups in total. The summed E-state index contributed by atoms with van der Waals surface area (Å²) < 4.78 is 16.9. The van der Waals surface area contributed by atoms with Crippen LogP contribution in [0.2, 0.25) is 5.02 Å². The van der Waals surface area contributed by atoms with Crippen LogP contribution in [0.25, 0.3) is 0 Å². The van der Waals surface area contributed by atoms with Crippen molar-refractivity contribution in [2.75, 3.05) is 51.4 Å². The van der Waals surface area contributed by atoms with Crippen LogP contribution in [-0.4, -0.2) is 56.9 Å². The second-order valence-corrected chi connectivity index (χ2v) is 7.72. The Balaban J connectivity index is 1.46. The Labute approximate surface area is 181 Å². The minimum atomic E-state index is 0.107. The van der Waals surface area contributed by atoms with Crippen molar-refractivity contribution in [3.63, 3.8) is 0 Å². The van der Waals surface area contributed by atoms with Gasteiger partial charge in [-0.25, -0.2) is 0 Å². The first-order valence-electron chi connectivity index (χ1n) is 10.2. The van der Waals surface area contributed by atoms with Crippen LogP contribution in [0.4, 0.5) is 5.69 Å². The molecule has 2 heterocycles. The maximum Gasteiger partial charge on any atom is 0.193 e. The number of nitrogens with one attached hydrogen (secondary N) is 1. The predicted octanol–water partition coefficient (Wildman–Crippen LogP) is 3.30. The molecule has 2 aliphatic heterocycles. The van der Waals surface area contributed by atoms with Crippen molar-refractivity contribution in [3.05, 3.63) is 53.1 Å². The van der Waals surface area contributed by atoms with Gasteiger partial charge in [-0.15, -0.1) is 0 Å². The summed E-state index contributed by atoms with van der Waals surface area (Å²) in [4.78, 5) is 6.99. The number of rotatable bonds is 5. The largest absolute Gasteiger partial charge is 0.490 e. The van der Waals surface area contributed by atoms with E-state index in [1.54, 1.807) is 0 Å². The molecule has 0 radical (unpaired) electrons. The highest BCUT2D eigenvalue weighted by Crippen LogP contribution is 2.32. The average Bonchev–Trinajstić information content (AvgIpc) is 3.01. The van der Waals surface area contributed by atoms with Crippen LogP contribution in [0.15, 0.2) is 47.5 Å². The first-order valence-corrected chi connectivity index (χ1v) is 10.6. The van der Waals surface area contributed by atoms with Gasteiger partial charge in [0, 0.05) is 36.3 Å². The van der Waals surface area contributed by atoms with E-state index < -0.39 is 0 Å². The van der Waals surface area contributed by atoms with E-state index in [1.807, 2.05) is 42.5 Å². The number of ether oxygens (including phenoxy) is 3. The summed E-state index contributed by atoms with van der Waals surface area (Å²) >= 11 is 6.07. The fourth-order valence-electron chi connectivity index (χ4n) is 3.62. The van der Waals surface area contributed by atoms with Gasteiger partial charge in [0.2, 0.25) is 0 Å². The lowest BCUT2D eigenvalue weighted by atomic mass is 10.0. The second kappa shape index (κ2) is 10.0. The number of hydrogen-bond donors (Lipinski definition) is 2. The lowest BCUT2D eigenvalue weighted by Crippen LogP contribution is -2.40. The number of nitrogens with two attached hydrogens (primary N) is 1. The number of morpholine rings is 1. The highest BCUT2D eigenvalue weighted by Gasteiger charge is 2.22. The fourth-order valence-corrected chi connectivity index (χ4v) is 3.75. The van der Waals surface area contributed by atoms with Crippen LogP contribution >= 0.6 is 11.6 Å². The summed E-state index contributed by atoms with van der Waals surface area (Å²) in [6.45, 7) is 5.00. The highest BCUT2D eigenvalue weighted by molar-refractivity contribution is 6.30. The number of benzene rings is 2. The van der Waals surface area contributed by atoms with E-state index in [-0.39, 0.29) is 6.04 Å². The van der Waals surface area contributed by atoms with Gasteiger partial charge in [0.1, 0.15) is 0 Å². The molecule has 8 heteroatoms. The minimum absolute atomic E-state index is 0.107. The first kappa shape index (κ1) is 20.8. The summed E-state index contributed by atoms with van der Waals surface area (Å²) in [5.74, 6) is 1.83. The van der Waals surface area contributed by atoms with Crippen LogP contribution < -0.4 is 20.5 Å². The Morgan fingerprint density at radius 1 is 1.03 bits per heavy atom. The maximum absolute atomic E-state index is 6.20. The molecule has 0 spiro atoms. The minimum Gasteiger partial charge on any atom is -0.490 e. The Kier molecular flexibility index (Phi) is 6.94. The third-order valence-electron chi connectivity index (χ3n) is 5.20. The lowest BCUT2D eigenvalue weighted by molar-refractivity contribution is 0.0180. The van der Waals surface area contributed by atoms with Crippen LogP contribution in [-0.2, 0) is 4.74 Å². The topological polar surface area (TPSA) is 81.3 Å². The molecule has 160 valence electrons. The zero-order valence-electron chi connectivity index (χ0n) is 16.9. The summed E-state index contributed by atoms with van der Waals surface area (Å²) in [6, 6.07) is 13.7. The number of guanidine groups is 1. The van der Waals surface area contributed by atoms with Gasteiger partial charge >= 0.3 is 0 Å².